The third-order valence-electron chi connectivity index (χ3n) is 2.71. The van der Waals surface area contributed by atoms with Crippen LogP contribution in [0.1, 0.15) is 38.1 Å². The third kappa shape index (κ3) is 4.77. The van der Waals surface area contributed by atoms with Crippen molar-refractivity contribution in [2.75, 3.05) is 6.61 Å². The maximum absolute atomic E-state index is 5.98. The molecule has 1 rings (SSSR count). The number of pyridine rings is 1. The lowest BCUT2D eigenvalue weighted by Gasteiger charge is -2.13. The van der Waals surface area contributed by atoms with E-state index in [1.54, 1.807) is 0 Å². The number of ether oxygens (including phenoxy) is 1. The van der Waals surface area contributed by atoms with Crippen LogP contribution < -0.4 is 10.5 Å². The molecule has 3 heteroatoms. The predicted octanol–water partition coefficient (Wildman–Crippen LogP) is 2.46. The molecule has 3 nitrogen and oxygen atoms in total. The molecule has 0 spiro atoms. The highest BCUT2D eigenvalue weighted by molar-refractivity contribution is 5.30. The standard InChI is InChI=1S/C15H22N2O/c1-4-6-7-10-18-15-9-8-12(3)17-14(15)11-13(16)5-2/h8-9,13H,5,7,10-11,16H2,1-3H3. The maximum Gasteiger partial charge on any atom is 0.140 e. The van der Waals surface area contributed by atoms with E-state index < -0.39 is 0 Å². The monoisotopic (exact) mass is 246 g/mol. The number of rotatable bonds is 6. The summed E-state index contributed by atoms with van der Waals surface area (Å²) in [5, 5.41) is 0. The van der Waals surface area contributed by atoms with Crippen LogP contribution in [0.25, 0.3) is 0 Å². The maximum atomic E-state index is 5.98. The highest BCUT2D eigenvalue weighted by Gasteiger charge is 2.09. The highest BCUT2D eigenvalue weighted by Crippen LogP contribution is 2.19. The first kappa shape index (κ1) is 14.5. The average molecular weight is 246 g/mol. The Morgan fingerprint density at radius 1 is 1.44 bits per heavy atom. The molecule has 0 aliphatic heterocycles. The molecule has 2 N–H and O–H groups in total. The van der Waals surface area contributed by atoms with Crippen LogP contribution in [0.5, 0.6) is 5.75 Å². The van der Waals surface area contributed by atoms with Crippen molar-refractivity contribution in [2.45, 2.75) is 46.1 Å². The summed E-state index contributed by atoms with van der Waals surface area (Å²) in [6.07, 6.45) is 2.44. The van der Waals surface area contributed by atoms with E-state index in [4.69, 9.17) is 10.5 Å². The lowest BCUT2D eigenvalue weighted by Crippen LogP contribution is -2.22. The van der Waals surface area contributed by atoms with Crippen LogP contribution in [0.3, 0.4) is 0 Å². The predicted molar refractivity (Wildman–Crippen MR) is 74.5 cm³/mol. The van der Waals surface area contributed by atoms with Gasteiger partial charge in [0.1, 0.15) is 5.75 Å². The van der Waals surface area contributed by atoms with Crippen molar-refractivity contribution in [3.05, 3.63) is 23.5 Å². The molecule has 0 radical (unpaired) electrons. The fourth-order valence-electron chi connectivity index (χ4n) is 1.61. The molecule has 0 aliphatic rings. The van der Waals surface area contributed by atoms with Crippen LogP contribution in [0.4, 0.5) is 0 Å². The van der Waals surface area contributed by atoms with E-state index in [0.717, 1.165) is 36.4 Å². The normalized spacial score (nSPS) is 11.6. The van der Waals surface area contributed by atoms with Crippen molar-refractivity contribution < 1.29 is 4.74 Å². The molecule has 0 saturated heterocycles. The van der Waals surface area contributed by atoms with Gasteiger partial charge in [-0.05, 0) is 32.4 Å². The van der Waals surface area contributed by atoms with Gasteiger partial charge in [0.25, 0.3) is 0 Å². The van der Waals surface area contributed by atoms with Gasteiger partial charge in [-0.2, -0.15) is 0 Å². The second-order valence-electron chi connectivity index (χ2n) is 4.30. The van der Waals surface area contributed by atoms with E-state index in [1.165, 1.54) is 0 Å². The molecule has 0 bridgehead atoms. The summed E-state index contributed by atoms with van der Waals surface area (Å²) in [5.41, 5.74) is 7.93. The van der Waals surface area contributed by atoms with Crippen LogP contribution in [-0.4, -0.2) is 17.6 Å². The number of nitrogens with zero attached hydrogens (tertiary/aromatic N) is 1. The quantitative estimate of drug-likeness (QED) is 0.619. The van der Waals surface area contributed by atoms with Gasteiger partial charge < -0.3 is 10.5 Å². The summed E-state index contributed by atoms with van der Waals surface area (Å²) in [6, 6.07) is 4.07. The summed E-state index contributed by atoms with van der Waals surface area (Å²) < 4.78 is 5.72. The molecule has 0 saturated carbocycles. The molecule has 1 aromatic rings. The van der Waals surface area contributed by atoms with Crippen molar-refractivity contribution in [3.8, 4) is 17.6 Å². The van der Waals surface area contributed by atoms with Crippen LogP contribution in [0.2, 0.25) is 0 Å². The van der Waals surface area contributed by atoms with Crippen molar-refractivity contribution >= 4 is 0 Å². The lowest BCUT2D eigenvalue weighted by atomic mass is 10.1. The van der Waals surface area contributed by atoms with Crippen molar-refractivity contribution in [1.29, 1.82) is 0 Å². The minimum Gasteiger partial charge on any atom is -0.491 e. The molecule has 0 amide bonds. The summed E-state index contributed by atoms with van der Waals surface area (Å²) in [7, 11) is 0. The minimum absolute atomic E-state index is 0.136. The van der Waals surface area contributed by atoms with E-state index >= 15 is 0 Å². The van der Waals surface area contributed by atoms with E-state index in [0.29, 0.717) is 6.61 Å². The highest BCUT2D eigenvalue weighted by atomic mass is 16.5. The molecule has 1 atom stereocenters. The number of hydrogen-bond acceptors (Lipinski definition) is 3. The van der Waals surface area contributed by atoms with Gasteiger partial charge in [0.05, 0.1) is 12.3 Å². The molecule has 1 aromatic heterocycles. The zero-order valence-electron chi connectivity index (χ0n) is 11.5. The molecule has 1 unspecified atom stereocenters. The molecule has 98 valence electrons. The molecule has 0 fully saturated rings. The molecule has 0 aliphatic carbocycles. The van der Waals surface area contributed by atoms with Gasteiger partial charge in [-0.15, -0.1) is 11.8 Å². The molecule has 1 heterocycles. The summed E-state index contributed by atoms with van der Waals surface area (Å²) in [6.45, 7) is 6.49. The van der Waals surface area contributed by atoms with Crippen molar-refractivity contribution in [2.24, 2.45) is 5.73 Å². The Morgan fingerprint density at radius 2 is 2.22 bits per heavy atom. The Bertz CT molecular complexity index is 432. The molecular weight excluding hydrogens is 224 g/mol. The van der Waals surface area contributed by atoms with E-state index in [-0.39, 0.29) is 6.04 Å². The lowest BCUT2D eigenvalue weighted by molar-refractivity contribution is 0.320. The van der Waals surface area contributed by atoms with Gasteiger partial charge in [0, 0.05) is 24.6 Å². The zero-order valence-corrected chi connectivity index (χ0v) is 11.5. The first-order chi connectivity index (χ1) is 8.67. The SMILES string of the molecule is CC#CCCOc1ccc(C)nc1CC(N)CC. The smallest absolute Gasteiger partial charge is 0.140 e. The van der Waals surface area contributed by atoms with E-state index in [1.807, 2.05) is 26.0 Å². The fraction of sp³-hybridized carbons (Fsp3) is 0.533. The van der Waals surface area contributed by atoms with E-state index in [9.17, 15) is 0 Å². The first-order valence-corrected chi connectivity index (χ1v) is 6.41. The second kappa shape index (κ2) is 7.73. The van der Waals surface area contributed by atoms with Crippen LogP contribution >= 0.6 is 0 Å². The molecular formula is C15H22N2O. The van der Waals surface area contributed by atoms with Gasteiger partial charge in [0.15, 0.2) is 0 Å². The van der Waals surface area contributed by atoms with Gasteiger partial charge in [-0.3, -0.25) is 4.98 Å². The summed E-state index contributed by atoms with van der Waals surface area (Å²) in [5.74, 6) is 6.67. The third-order valence-corrected chi connectivity index (χ3v) is 2.71. The Hall–Kier alpha value is -1.53. The second-order valence-corrected chi connectivity index (χ2v) is 4.30. The number of aromatic nitrogens is 1. The zero-order chi connectivity index (χ0) is 13.4. The Kier molecular flexibility index (Phi) is 6.24. The number of hydrogen-bond donors (Lipinski definition) is 1. The van der Waals surface area contributed by atoms with Gasteiger partial charge in [-0.1, -0.05) is 6.92 Å². The Morgan fingerprint density at radius 3 is 2.89 bits per heavy atom. The van der Waals surface area contributed by atoms with Gasteiger partial charge in [-0.25, -0.2) is 0 Å². The number of nitrogens with two attached hydrogens (primary N) is 1. The number of aryl methyl sites for hydroxylation is 1. The average Bonchev–Trinajstić information content (AvgIpc) is 2.36. The fourth-order valence-corrected chi connectivity index (χ4v) is 1.61. The van der Waals surface area contributed by atoms with Crippen LogP contribution in [0, 0.1) is 18.8 Å². The molecule has 0 aromatic carbocycles. The van der Waals surface area contributed by atoms with E-state index in [2.05, 4.69) is 23.7 Å². The minimum atomic E-state index is 0.136. The molecule has 18 heavy (non-hydrogen) atoms. The first-order valence-electron chi connectivity index (χ1n) is 6.41. The Labute approximate surface area is 110 Å². The summed E-state index contributed by atoms with van der Waals surface area (Å²) >= 11 is 0. The summed E-state index contributed by atoms with van der Waals surface area (Å²) in [4.78, 5) is 4.52. The van der Waals surface area contributed by atoms with Crippen LogP contribution in [0.15, 0.2) is 12.1 Å². The largest absolute Gasteiger partial charge is 0.491 e. The topological polar surface area (TPSA) is 48.1 Å². The van der Waals surface area contributed by atoms with Gasteiger partial charge in [0.2, 0.25) is 0 Å². The van der Waals surface area contributed by atoms with Crippen LogP contribution in [-0.2, 0) is 6.42 Å². The van der Waals surface area contributed by atoms with Crippen molar-refractivity contribution in [1.82, 2.24) is 4.98 Å². The van der Waals surface area contributed by atoms with Gasteiger partial charge >= 0.3 is 0 Å². The Balaban J connectivity index is 2.71. The van der Waals surface area contributed by atoms with Crippen molar-refractivity contribution in [3.63, 3.8) is 0 Å².